The van der Waals surface area contributed by atoms with Crippen LogP contribution < -0.4 is 10.1 Å². The number of carbonyl (C=O) groups is 2. The summed E-state index contributed by atoms with van der Waals surface area (Å²) in [6, 6.07) is 26.8. The molecule has 244 valence electrons. The van der Waals surface area contributed by atoms with E-state index < -0.39 is 10.8 Å². The number of carbonyl (C=O) groups excluding carboxylic acids is 2. The van der Waals surface area contributed by atoms with Gasteiger partial charge >= 0.3 is 0 Å². The number of benzene rings is 3. The van der Waals surface area contributed by atoms with Crippen molar-refractivity contribution in [1.29, 1.82) is 0 Å². The normalized spacial score (nSPS) is 14.1. The van der Waals surface area contributed by atoms with Gasteiger partial charge in [-0.1, -0.05) is 60.3 Å². The van der Waals surface area contributed by atoms with Crippen LogP contribution in [0.3, 0.4) is 0 Å². The highest BCUT2D eigenvalue weighted by Gasteiger charge is 2.33. The third kappa shape index (κ3) is 7.61. The minimum atomic E-state index is -0.515. The Hall–Kier alpha value is -5.34. The van der Waals surface area contributed by atoms with Gasteiger partial charge in [0.05, 0.1) is 41.0 Å². The average Bonchev–Trinajstić information content (AvgIpc) is 3.90. The Labute approximate surface area is 284 Å². The summed E-state index contributed by atoms with van der Waals surface area (Å²) in [6.07, 6.45) is 1.28. The van der Waals surface area contributed by atoms with Crippen molar-refractivity contribution in [2.24, 2.45) is 5.10 Å². The number of thiophene rings is 1. The van der Waals surface area contributed by atoms with Gasteiger partial charge in [-0.3, -0.25) is 19.7 Å². The Morgan fingerprint density at radius 1 is 1.02 bits per heavy atom. The first kappa shape index (κ1) is 32.6. The van der Waals surface area contributed by atoms with Crippen LogP contribution in [0.15, 0.2) is 107 Å². The zero-order valence-corrected chi connectivity index (χ0v) is 27.5. The number of aryl methyl sites for hydroxylation is 1. The molecule has 0 fully saturated rings. The van der Waals surface area contributed by atoms with Gasteiger partial charge in [-0.05, 0) is 53.3 Å². The predicted octanol–water partition coefficient (Wildman–Crippen LogP) is 5.90. The van der Waals surface area contributed by atoms with E-state index in [2.05, 4.69) is 15.5 Å². The first-order valence-corrected chi connectivity index (χ1v) is 16.9. The van der Waals surface area contributed by atoms with Crippen molar-refractivity contribution >= 4 is 46.3 Å². The zero-order chi connectivity index (χ0) is 33.5. The lowest BCUT2D eigenvalue weighted by molar-refractivity contribution is -0.384. The van der Waals surface area contributed by atoms with Gasteiger partial charge in [-0.2, -0.15) is 5.10 Å². The molecule has 48 heavy (non-hydrogen) atoms. The number of amides is 2. The van der Waals surface area contributed by atoms with Gasteiger partial charge in [0.15, 0.2) is 11.0 Å². The standard InChI is InChI=1S/C34H31N7O5S2/c1-46-27-15-11-24(12-16-27)29-20-28(30-8-5-19-47-30)38-40(29)32(42)22-48-34-37-36-31(39(34)18-17-23-6-3-2-4-7-23)21-35-33(43)25-9-13-26(14-10-25)41(44)45/h2-16,19,29H,17-18,20-22H2,1H3,(H,35,43)/t29-/m1/s1. The second kappa shape index (κ2) is 15.0. The monoisotopic (exact) mass is 681 g/mol. The van der Waals surface area contributed by atoms with E-state index >= 15 is 0 Å². The molecule has 6 rings (SSSR count). The summed E-state index contributed by atoms with van der Waals surface area (Å²) in [5.41, 5.74) is 3.13. The number of methoxy groups -OCH3 is 1. The minimum absolute atomic E-state index is 0.0756. The van der Waals surface area contributed by atoms with Gasteiger partial charge in [-0.25, -0.2) is 5.01 Å². The quantitative estimate of drug-likeness (QED) is 0.0919. The van der Waals surface area contributed by atoms with Crippen LogP contribution in [0.4, 0.5) is 5.69 Å². The molecule has 0 bridgehead atoms. The van der Waals surface area contributed by atoms with Crippen molar-refractivity contribution in [3.8, 4) is 5.75 Å². The summed E-state index contributed by atoms with van der Waals surface area (Å²) in [4.78, 5) is 38.1. The van der Waals surface area contributed by atoms with Crippen LogP contribution in [-0.2, 0) is 24.3 Å². The summed E-state index contributed by atoms with van der Waals surface area (Å²) in [6.45, 7) is 0.599. The molecule has 2 amide bonds. The minimum Gasteiger partial charge on any atom is -0.497 e. The highest BCUT2D eigenvalue weighted by atomic mass is 32.2. The number of aromatic nitrogens is 3. The molecule has 3 aromatic carbocycles. The number of non-ortho nitro benzene ring substituents is 1. The molecular formula is C34H31N7O5S2. The number of nitro benzene ring substituents is 1. The van der Waals surface area contributed by atoms with Gasteiger partial charge < -0.3 is 14.6 Å². The zero-order valence-electron chi connectivity index (χ0n) is 25.9. The third-order valence-electron chi connectivity index (χ3n) is 7.80. The topological polar surface area (TPSA) is 145 Å². The van der Waals surface area contributed by atoms with Crippen LogP contribution in [0, 0.1) is 10.1 Å². The number of hydrogen-bond donors (Lipinski definition) is 1. The molecule has 5 aromatic rings. The molecule has 1 N–H and O–H groups in total. The molecule has 2 aromatic heterocycles. The number of ether oxygens (including phenoxy) is 1. The fourth-order valence-corrected chi connectivity index (χ4v) is 6.83. The number of hydrazone groups is 1. The van der Waals surface area contributed by atoms with Gasteiger partial charge in [0.25, 0.3) is 17.5 Å². The largest absolute Gasteiger partial charge is 0.497 e. The van der Waals surface area contributed by atoms with Gasteiger partial charge in [0.2, 0.25) is 0 Å². The van der Waals surface area contributed by atoms with E-state index in [0.29, 0.717) is 30.4 Å². The van der Waals surface area contributed by atoms with Gasteiger partial charge in [0.1, 0.15) is 5.75 Å². The fraction of sp³-hybridized carbons (Fsp3) is 0.206. The molecule has 0 radical (unpaired) electrons. The van der Waals surface area contributed by atoms with Crippen molar-refractivity contribution in [3.05, 3.63) is 134 Å². The Morgan fingerprint density at radius 3 is 2.48 bits per heavy atom. The third-order valence-corrected chi connectivity index (χ3v) is 9.67. The van der Waals surface area contributed by atoms with Crippen LogP contribution in [0.1, 0.15) is 44.6 Å². The van der Waals surface area contributed by atoms with E-state index in [9.17, 15) is 19.7 Å². The summed E-state index contributed by atoms with van der Waals surface area (Å²) < 4.78 is 7.24. The molecule has 12 nitrogen and oxygen atoms in total. The molecule has 0 spiro atoms. The Kier molecular flexibility index (Phi) is 10.2. The van der Waals surface area contributed by atoms with Crippen molar-refractivity contribution in [2.45, 2.75) is 37.1 Å². The summed E-state index contributed by atoms with van der Waals surface area (Å²) >= 11 is 2.86. The summed E-state index contributed by atoms with van der Waals surface area (Å²) in [5.74, 6) is 0.764. The molecule has 1 aliphatic rings. The predicted molar refractivity (Wildman–Crippen MR) is 183 cm³/mol. The number of nitrogens with zero attached hydrogens (tertiary/aromatic N) is 6. The molecule has 1 atom stereocenters. The second-order valence-electron chi connectivity index (χ2n) is 10.8. The van der Waals surface area contributed by atoms with E-state index in [-0.39, 0.29) is 35.5 Å². The van der Waals surface area contributed by atoms with E-state index in [0.717, 1.165) is 27.5 Å². The lowest BCUT2D eigenvalue weighted by Gasteiger charge is -2.22. The van der Waals surface area contributed by atoms with E-state index in [1.54, 1.807) is 23.5 Å². The smallest absolute Gasteiger partial charge is 0.269 e. The first-order valence-electron chi connectivity index (χ1n) is 15.1. The maximum Gasteiger partial charge on any atom is 0.269 e. The maximum absolute atomic E-state index is 13.8. The lowest BCUT2D eigenvalue weighted by Crippen LogP contribution is -2.28. The maximum atomic E-state index is 13.8. The fourth-order valence-electron chi connectivity index (χ4n) is 5.27. The van der Waals surface area contributed by atoms with Crippen LogP contribution in [0.2, 0.25) is 0 Å². The van der Waals surface area contributed by atoms with Crippen molar-refractivity contribution in [3.63, 3.8) is 0 Å². The van der Waals surface area contributed by atoms with Crippen LogP contribution in [-0.4, -0.2) is 55.1 Å². The number of nitrogens with one attached hydrogen (secondary N) is 1. The SMILES string of the molecule is COc1ccc([C@H]2CC(c3cccs3)=NN2C(=O)CSc2nnc(CNC(=O)c3ccc([N+](=O)[O-])cc3)n2CCc2ccccc2)cc1. The molecular weight excluding hydrogens is 651 g/mol. The highest BCUT2D eigenvalue weighted by Crippen LogP contribution is 2.35. The molecule has 0 saturated heterocycles. The summed E-state index contributed by atoms with van der Waals surface area (Å²) in [7, 11) is 1.62. The van der Waals surface area contributed by atoms with E-state index in [4.69, 9.17) is 9.84 Å². The van der Waals surface area contributed by atoms with E-state index in [1.807, 2.05) is 76.7 Å². The Balaban J connectivity index is 1.19. The van der Waals surface area contributed by atoms with Gasteiger partial charge in [0, 0.05) is 30.7 Å². The lowest BCUT2D eigenvalue weighted by atomic mass is 10.0. The van der Waals surface area contributed by atoms with Crippen LogP contribution in [0.5, 0.6) is 5.75 Å². The first-order chi connectivity index (χ1) is 23.4. The Bertz CT molecular complexity index is 1910. The number of rotatable bonds is 13. The molecule has 3 heterocycles. The van der Waals surface area contributed by atoms with Crippen molar-refractivity contribution in [1.82, 2.24) is 25.1 Å². The molecule has 14 heteroatoms. The van der Waals surface area contributed by atoms with E-state index in [1.165, 1.54) is 36.0 Å². The van der Waals surface area contributed by atoms with Crippen molar-refractivity contribution in [2.75, 3.05) is 12.9 Å². The molecule has 0 saturated carbocycles. The molecule has 0 unspecified atom stereocenters. The van der Waals surface area contributed by atoms with Crippen LogP contribution >= 0.6 is 23.1 Å². The van der Waals surface area contributed by atoms with Gasteiger partial charge in [-0.15, -0.1) is 21.5 Å². The Morgan fingerprint density at radius 2 is 1.79 bits per heavy atom. The average molecular weight is 682 g/mol. The van der Waals surface area contributed by atoms with Crippen molar-refractivity contribution < 1.29 is 19.2 Å². The van der Waals surface area contributed by atoms with Crippen LogP contribution in [0.25, 0.3) is 0 Å². The number of hydrogen-bond acceptors (Lipinski definition) is 10. The number of thioether (sulfide) groups is 1. The second-order valence-corrected chi connectivity index (χ2v) is 12.7. The number of nitro groups is 1. The molecule has 1 aliphatic heterocycles. The summed E-state index contributed by atoms with van der Waals surface area (Å²) in [5, 5.41) is 31.5. The highest BCUT2D eigenvalue weighted by molar-refractivity contribution is 7.99. The molecule has 0 aliphatic carbocycles.